The fraction of sp³-hybridized carbons (Fsp3) is 0.583. The Labute approximate surface area is 105 Å². The first-order valence-corrected chi connectivity index (χ1v) is 6.48. The van der Waals surface area contributed by atoms with E-state index in [1.165, 1.54) is 0 Å². The van der Waals surface area contributed by atoms with Crippen LogP contribution in [0, 0.1) is 0 Å². The van der Waals surface area contributed by atoms with Gasteiger partial charge in [0, 0.05) is 24.8 Å². The van der Waals surface area contributed by atoms with Crippen LogP contribution in [-0.2, 0) is 0 Å². The third-order valence-corrected chi connectivity index (χ3v) is 4.13. The van der Waals surface area contributed by atoms with Crippen LogP contribution >= 0.6 is 15.9 Å². The highest BCUT2D eigenvalue weighted by Gasteiger charge is 2.29. The summed E-state index contributed by atoms with van der Waals surface area (Å²) < 4.78 is 1.09. The van der Waals surface area contributed by atoms with Crippen molar-refractivity contribution in [2.75, 3.05) is 25.0 Å². The molecule has 1 aliphatic heterocycles. The second kappa shape index (κ2) is 4.72. The first-order chi connectivity index (χ1) is 7.64. The molecule has 0 amide bonds. The van der Waals surface area contributed by atoms with Crippen molar-refractivity contribution < 1.29 is 0 Å². The number of pyridine rings is 1. The lowest BCUT2D eigenvalue weighted by molar-refractivity contribution is 0.304. The molecule has 2 heterocycles. The molecule has 0 saturated carbocycles. The standard InChI is InChI=1S/C12H18BrN3/c1-12(14-2)5-8-16(9-6-12)11-10(13)4-3-7-15-11/h3-4,7,14H,5-6,8-9H2,1-2H3. The van der Waals surface area contributed by atoms with Crippen LogP contribution in [-0.4, -0.2) is 30.7 Å². The molecule has 0 unspecified atom stereocenters. The molecule has 3 nitrogen and oxygen atoms in total. The van der Waals surface area contributed by atoms with Gasteiger partial charge in [-0.2, -0.15) is 0 Å². The first kappa shape index (κ1) is 11.9. The average molecular weight is 284 g/mol. The molecule has 88 valence electrons. The summed E-state index contributed by atoms with van der Waals surface area (Å²) in [5, 5.41) is 3.41. The van der Waals surface area contributed by atoms with Gasteiger partial charge in [-0.3, -0.25) is 0 Å². The van der Waals surface area contributed by atoms with Crippen LogP contribution in [0.2, 0.25) is 0 Å². The molecule has 0 radical (unpaired) electrons. The topological polar surface area (TPSA) is 28.2 Å². The average Bonchev–Trinajstić information content (AvgIpc) is 2.31. The van der Waals surface area contributed by atoms with Gasteiger partial charge in [-0.05, 0) is 54.9 Å². The molecule has 1 aromatic rings. The van der Waals surface area contributed by atoms with E-state index in [-0.39, 0.29) is 5.54 Å². The summed E-state index contributed by atoms with van der Waals surface area (Å²) in [6.07, 6.45) is 4.17. The molecule has 0 aliphatic carbocycles. The van der Waals surface area contributed by atoms with Gasteiger partial charge in [0.25, 0.3) is 0 Å². The van der Waals surface area contributed by atoms with E-state index in [2.05, 4.69) is 38.1 Å². The summed E-state index contributed by atoms with van der Waals surface area (Å²) in [7, 11) is 2.05. The van der Waals surface area contributed by atoms with Gasteiger partial charge in [-0.25, -0.2) is 4.98 Å². The third kappa shape index (κ3) is 2.38. The molecule has 2 rings (SSSR count). The second-order valence-corrected chi connectivity index (χ2v) is 5.46. The van der Waals surface area contributed by atoms with Crippen LogP contribution < -0.4 is 10.2 Å². The van der Waals surface area contributed by atoms with E-state index in [0.717, 1.165) is 36.2 Å². The predicted molar refractivity (Wildman–Crippen MR) is 70.8 cm³/mol. The number of rotatable bonds is 2. The van der Waals surface area contributed by atoms with Crippen molar-refractivity contribution in [3.63, 3.8) is 0 Å². The van der Waals surface area contributed by atoms with Crippen molar-refractivity contribution in [2.24, 2.45) is 0 Å². The molecule has 0 spiro atoms. The van der Waals surface area contributed by atoms with E-state index in [4.69, 9.17) is 0 Å². The number of halogens is 1. The number of aromatic nitrogens is 1. The van der Waals surface area contributed by atoms with Crippen molar-refractivity contribution in [3.05, 3.63) is 22.8 Å². The van der Waals surface area contributed by atoms with E-state index >= 15 is 0 Å². The number of piperidine rings is 1. The smallest absolute Gasteiger partial charge is 0.142 e. The molecule has 1 saturated heterocycles. The summed E-state index contributed by atoms with van der Waals surface area (Å²) in [5.74, 6) is 1.07. The zero-order valence-corrected chi connectivity index (χ0v) is 11.4. The van der Waals surface area contributed by atoms with E-state index < -0.39 is 0 Å². The highest BCUT2D eigenvalue weighted by Crippen LogP contribution is 2.28. The van der Waals surface area contributed by atoms with Gasteiger partial charge in [0.15, 0.2) is 0 Å². The summed E-state index contributed by atoms with van der Waals surface area (Å²) in [4.78, 5) is 6.78. The highest BCUT2D eigenvalue weighted by molar-refractivity contribution is 9.10. The molecule has 16 heavy (non-hydrogen) atoms. The summed E-state index contributed by atoms with van der Waals surface area (Å²) in [6.45, 7) is 4.41. The molecular weight excluding hydrogens is 266 g/mol. The number of nitrogens with one attached hydrogen (secondary N) is 1. The monoisotopic (exact) mass is 283 g/mol. The Morgan fingerprint density at radius 3 is 2.69 bits per heavy atom. The minimum atomic E-state index is 0.289. The maximum atomic E-state index is 4.43. The normalized spacial score (nSPS) is 19.8. The minimum Gasteiger partial charge on any atom is -0.356 e. The van der Waals surface area contributed by atoms with E-state index in [9.17, 15) is 0 Å². The van der Waals surface area contributed by atoms with Gasteiger partial charge in [0.2, 0.25) is 0 Å². The summed E-state index contributed by atoms with van der Waals surface area (Å²) in [5.41, 5.74) is 0.289. The maximum absolute atomic E-state index is 4.43. The Bertz CT molecular complexity index is 359. The van der Waals surface area contributed by atoms with Crippen molar-refractivity contribution in [1.29, 1.82) is 0 Å². The summed E-state index contributed by atoms with van der Waals surface area (Å²) >= 11 is 3.56. The Kier molecular flexibility index (Phi) is 3.50. The van der Waals surface area contributed by atoms with Crippen molar-refractivity contribution in [1.82, 2.24) is 10.3 Å². The minimum absolute atomic E-state index is 0.289. The van der Waals surface area contributed by atoms with Crippen LogP contribution in [0.15, 0.2) is 22.8 Å². The number of hydrogen-bond acceptors (Lipinski definition) is 3. The molecule has 0 aromatic carbocycles. The molecule has 4 heteroatoms. The molecule has 0 bridgehead atoms. The van der Waals surface area contributed by atoms with E-state index in [1.54, 1.807) is 0 Å². The molecular formula is C12H18BrN3. The number of hydrogen-bond donors (Lipinski definition) is 1. The Morgan fingerprint density at radius 1 is 1.44 bits per heavy atom. The fourth-order valence-electron chi connectivity index (χ4n) is 2.07. The van der Waals surface area contributed by atoms with E-state index in [1.807, 2.05) is 25.4 Å². The molecule has 1 aromatic heterocycles. The number of nitrogens with zero attached hydrogens (tertiary/aromatic N) is 2. The van der Waals surface area contributed by atoms with Gasteiger partial charge in [0.05, 0.1) is 4.47 Å². The Balaban J connectivity index is 2.07. The molecule has 1 fully saturated rings. The van der Waals surface area contributed by atoms with Crippen LogP contribution in [0.25, 0.3) is 0 Å². The van der Waals surface area contributed by atoms with E-state index in [0.29, 0.717) is 0 Å². The zero-order valence-electron chi connectivity index (χ0n) is 9.83. The van der Waals surface area contributed by atoms with Crippen molar-refractivity contribution >= 4 is 21.7 Å². The third-order valence-electron chi connectivity index (χ3n) is 3.51. The molecule has 1 N–H and O–H groups in total. The first-order valence-electron chi connectivity index (χ1n) is 5.69. The zero-order chi connectivity index (χ0) is 11.6. The molecule has 1 aliphatic rings. The van der Waals surface area contributed by atoms with Crippen molar-refractivity contribution in [2.45, 2.75) is 25.3 Å². The van der Waals surface area contributed by atoms with Gasteiger partial charge in [-0.1, -0.05) is 0 Å². The van der Waals surface area contributed by atoms with Crippen LogP contribution in [0.1, 0.15) is 19.8 Å². The van der Waals surface area contributed by atoms with Crippen LogP contribution in [0.5, 0.6) is 0 Å². The Hall–Kier alpha value is -0.610. The lowest BCUT2D eigenvalue weighted by Crippen LogP contribution is -2.50. The number of anilines is 1. The Morgan fingerprint density at radius 2 is 2.12 bits per heavy atom. The second-order valence-electron chi connectivity index (χ2n) is 4.61. The van der Waals surface area contributed by atoms with Gasteiger partial charge in [0.1, 0.15) is 5.82 Å². The quantitative estimate of drug-likeness (QED) is 0.904. The van der Waals surface area contributed by atoms with Crippen molar-refractivity contribution in [3.8, 4) is 0 Å². The highest BCUT2D eigenvalue weighted by atomic mass is 79.9. The maximum Gasteiger partial charge on any atom is 0.142 e. The lowest BCUT2D eigenvalue weighted by Gasteiger charge is -2.40. The van der Waals surface area contributed by atoms with Gasteiger partial charge >= 0.3 is 0 Å². The van der Waals surface area contributed by atoms with Crippen LogP contribution in [0.3, 0.4) is 0 Å². The van der Waals surface area contributed by atoms with Crippen LogP contribution in [0.4, 0.5) is 5.82 Å². The summed E-state index contributed by atoms with van der Waals surface area (Å²) in [6, 6.07) is 4.00. The fourth-order valence-corrected chi connectivity index (χ4v) is 2.58. The predicted octanol–water partition coefficient (Wildman–Crippen LogP) is 2.42. The SMILES string of the molecule is CNC1(C)CCN(c2ncccc2Br)CC1. The largest absolute Gasteiger partial charge is 0.356 e. The molecule has 0 atom stereocenters. The van der Waals surface area contributed by atoms with Gasteiger partial charge < -0.3 is 10.2 Å². The lowest BCUT2D eigenvalue weighted by atomic mass is 9.90. The van der Waals surface area contributed by atoms with Gasteiger partial charge in [-0.15, -0.1) is 0 Å².